The molecule has 0 unspecified atom stereocenters. The van der Waals surface area contributed by atoms with Gasteiger partial charge in [-0.2, -0.15) is 4.37 Å². The van der Waals surface area contributed by atoms with E-state index in [2.05, 4.69) is 40.9 Å². The highest BCUT2D eigenvalue weighted by Gasteiger charge is 2.37. The summed E-state index contributed by atoms with van der Waals surface area (Å²) >= 11 is 1.11. The van der Waals surface area contributed by atoms with E-state index in [-0.39, 0.29) is 12.1 Å². The zero-order valence-electron chi connectivity index (χ0n) is 16.8. The van der Waals surface area contributed by atoms with Gasteiger partial charge >= 0.3 is 12.0 Å². The summed E-state index contributed by atoms with van der Waals surface area (Å²) in [5, 5.41) is 3.34. The topological polar surface area (TPSA) is 71.5 Å². The number of rotatable bonds is 7. The van der Waals surface area contributed by atoms with Crippen LogP contribution in [0.1, 0.15) is 46.9 Å². The summed E-state index contributed by atoms with van der Waals surface area (Å²) in [5.74, 6) is 0.0401. The van der Waals surface area contributed by atoms with Gasteiger partial charge in [-0.3, -0.25) is 5.32 Å². The Morgan fingerprint density at radius 2 is 1.96 bits per heavy atom. The average Bonchev–Trinajstić information content (AvgIpc) is 3.46. The van der Waals surface area contributed by atoms with Crippen LogP contribution in [-0.2, 0) is 11.2 Å². The maximum Gasteiger partial charge on any atom is 0.342 e. The van der Waals surface area contributed by atoms with Gasteiger partial charge in [0, 0.05) is 12.6 Å². The van der Waals surface area contributed by atoms with Crippen molar-refractivity contribution in [3.8, 4) is 0 Å². The van der Waals surface area contributed by atoms with Crippen molar-refractivity contribution >= 4 is 28.5 Å². The van der Waals surface area contributed by atoms with Gasteiger partial charge in [0.25, 0.3) is 0 Å². The summed E-state index contributed by atoms with van der Waals surface area (Å²) in [6.45, 7) is 6.40. The lowest BCUT2D eigenvalue weighted by molar-refractivity contribution is 0.0601. The number of carbonyl (C=O) groups excluding carboxylic acids is 2. The number of nitrogens with zero attached hydrogens (tertiary/aromatic N) is 2. The van der Waals surface area contributed by atoms with Crippen LogP contribution in [0.4, 0.5) is 9.80 Å². The molecular formula is C21H27N3O3S. The van der Waals surface area contributed by atoms with Gasteiger partial charge in [-0.25, -0.2) is 9.59 Å². The summed E-state index contributed by atoms with van der Waals surface area (Å²) in [5.41, 5.74) is 3.36. The fourth-order valence-corrected chi connectivity index (χ4v) is 4.25. The lowest BCUT2D eigenvalue weighted by Gasteiger charge is -2.31. The van der Waals surface area contributed by atoms with Crippen LogP contribution in [0.15, 0.2) is 24.3 Å². The molecule has 1 aliphatic rings. The molecule has 7 heteroatoms. The lowest BCUT2D eigenvalue weighted by atomic mass is 10.00. The standard InChI is InChI=1S/C21H27N3O3S/c1-5-24(17(16-10-11-16)12-15-8-6-13(2)7-9-15)21(26)22-19-18(20(25)27-4)14(3)23-28-19/h6-9,16-17H,5,10-12H2,1-4H3,(H,22,26)/t17-/m1/s1. The zero-order chi connectivity index (χ0) is 20.3. The van der Waals surface area contributed by atoms with Crippen molar-refractivity contribution in [1.29, 1.82) is 0 Å². The molecule has 0 spiro atoms. The van der Waals surface area contributed by atoms with E-state index in [9.17, 15) is 9.59 Å². The molecule has 0 radical (unpaired) electrons. The van der Waals surface area contributed by atoms with E-state index >= 15 is 0 Å². The van der Waals surface area contributed by atoms with Gasteiger partial charge in [0.1, 0.15) is 10.6 Å². The molecule has 1 aromatic carbocycles. The van der Waals surface area contributed by atoms with Crippen molar-refractivity contribution in [2.75, 3.05) is 19.0 Å². The van der Waals surface area contributed by atoms with Crippen molar-refractivity contribution in [2.45, 2.75) is 46.1 Å². The molecule has 28 heavy (non-hydrogen) atoms. The number of esters is 1. The Labute approximate surface area is 170 Å². The third-order valence-corrected chi connectivity index (χ3v) is 6.06. The van der Waals surface area contributed by atoms with Gasteiger partial charge in [-0.05, 0) is 63.0 Å². The first kappa shape index (κ1) is 20.3. The lowest BCUT2D eigenvalue weighted by Crippen LogP contribution is -2.45. The predicted octanol–water partition coefficient (Wildman–Crippen LogP) is 4.42. The van der Waals surface area contributed by atoms with E-state index in [1.54, 1.807) is 6.92 Å². The van der Waals surface area contributed by atoms with Crippen molar-refractivity contribution in [1.82, 2.24) is 9.27 Å². The van der Waals surface area contributed by atoms with Crippen molar-refractivity contribution in [3.05, 3.63) is 46.6 Å². The first-order valence-electron chi connectivity index (χ1n) is 9.62. The number of likely N-dealkylation sites (N-methyl/N-ethyl adjacent to an activating group) is 1. The highest BCUT2D eigenvalue weighted by Crippen LogP contribution is 2.37. The minimum absolute atomic E-state index is 0.142. The largest absolute Gasteiger partial charge is 0.465 e. The quantitative estimate of drug-likeness (QED) is 0.697. The number of carbonyl (C=O) groups is 2. The molecule has 6 nitrogen and oxygen atoms in total. The van der Waals surface area contributed by atoms with E-state index in [0.29, 0.717) is 28.7 Å². The molecule has 0 bridgehead atoms. The van der Waals surface area contributed by atoms with E-state index < -0.39 is 5.97 Å². The van der Waals surface area contributed by atoms with Gasteiger partial charge < -0.3 is 9.64 Å². The van der Waals surface area contributed by atoms with Crippen molar-refractivity contribution < 1.29 is 14.3 Å². The summed E-state index contributed by atoms with van der Waals surface area (Å²) in [4.78, 5) is 27.0. The van der Waals surface area contributed by atoms with Crippen LogP contribution in [0.3, 0.4) is 0 Å². The van der Waals surface area contributed by atoms with Crippen LogP contribution < -0.4 is 5.32 Å². The fourth-order valence-electron chi connectivity index (χ4n) is 3.47. The summed E-state index contributed by atoms with van der Waals surface area (Å²) in [7, 11) is 1.33. The molecule has 1 atom stereocenters. The van der Waals surface area contributed by atoms with Crippen LogP contribution in [-0.4, -0.2) is 41.0 Å². The molecule has 1 saturated carbocycles. The number of aryl methyl sites for hydroxylation is 2. The fraction of sp³-hybridized carbons (Fsp3) is 0.476. The number of benzene rings is 1. The number of hydrogen-bond donors (Lipinski definition) is 1. The maximum atomic E-state index is 13.1. The number of ether oxygens (including phenoxy) is 1. The molecule has 0 aliphatic heterocycles. The number of amides is 2. The molecule has 2 amide bonds. The molecule has 1 aromatic heterocycles. The summed E-state index contributed by atoms with van der Waals surface area (Å²) < 4.78 is 9.03. The molecule has 3 rings (SSSR count). The van der Waals surface area contributed by atoms with E-state index in [0.717, 1.165) is 30.8 Å². The predicted molar refractivity (Wildman–Crippen MR) is 111 cm³/mol. The van der Waals surface area contributed by atoms with Crippen molar-refractivity contribution in [3.63, 3.8) is 0 Å². The van der Waals surface area contributed by atoms with Gasteiger partial charge in [0.05, 0.1) is 12.8 Å². The Morgan fingerprint density at radius 1 is 1.29 bits per heavy atom. The minimum Gasteiger partial charge on any atom is -0.465 e. The number of anilines is 1. The summed E-state index contributed by atoms with van der Waals surface area (Å²) in [6.07, 6.45) is 3.12. The molecular weight excluding hydrogens is 374 g/mol. The van der Waals surface area contributed by atoms with Gasteiger partial charge in [-0.1, -0.05) is 29.8 Å². The highest BCUT2D eigenvalue weighted by molar-refractivity contribution is 7.11. The molecule has 2 aromatic rings. The van der Waals surface area contributed by atoms with Gasteiger partial charge in [-0.15, -0.1) is 0 Å². The normalized spacial score (nSPS) is 14.4. The third-order valence-electron chi connectivity index (χ3n) is 5.21. The Kier molecular flexibility index (Phi) is 6.34. The molecule has 150 valence electrons. The summed E-state index contributed by atoms with van der Waals surface area (Å²) in [6, 6.07) is 8.44. The van der Waals surface area contributed by atoms with Crippen LogP contribution in [0, 0.1) is 19.8 Å². The van der Waals surface area contributed by atoms with Crippen LogP contribution >= 0.6 is 11.5 Å². The molecule has 1 aliphatic carbocycles. The molecule has 1 heterocycles. The Morgan fingerprint density at radius 3 is 2.54 bits per heavy atom. The second kappa shape index (κ2) is 8.73. The number of methoxy groups -OCH3 is 1. The first-order chi connectivity index (χ1) is 13.4. The van der Waals surface area contributed by atoms with Gasteiger partial charge in [0.2, 0.25) is 0 Å². The second-order valence-electron chi connectivity index (χ2n) is 7.27. The third kappa shape index (κ3) is 4.52. The SMILES string of the molecule is CCN(C(=O)Nc1snc(C)c1C(=O)OC)[C@H](Cc1ccc(C)cc1)C1CC1. The number of aromatic nitrogens is 1. The van der Waals surface area contributed by atoms with E-state index in [1.807, 2.05) is 11.8 Å². The minimum atomic E-state index is -0.483. The van der Waals surface area contributed by atoms with Crippen LogP contribution in [0.25, 0.3) is 0 Å². The number of urea groups is 1. The Bertz CT molecular complexity index is 843. The smallest absolute Gasteiger partial charge is 0.342 e. The van der Waals surface area contributed by atoms with E-state index in [4.69, 9.17) is 4.74 Å². The Hall–Kier alpha value is -2.41. The molecule has 0 saturated heterocycles. The maximum absolute atomic E-state index is 13.1. The first-order valence-corrected chi connectivity index (χ1v) is 10.4. The monoisotopic (exact) mass is 401 g/mol. The van der Waals surface area contributed by atoms with E-state index in [1.165, 1.54) is 18.2 Å². The molecule has 1 N–H and O–H groups in total. The molecule has 1 fully saturated rings. The van der Waals surface area contributed by atoms with Crippen LogP contribution in [0.5, 0.6) is 0 Å². The van der Waals surface area contributed by atoms with Gasteiger partial charge in [0.15, 0.2) is 0 Å². The average molecular weight is 402 g/mol. The number of nitrogens with one attached hydrogen (secondary N) is 1. The number of hydrogen-bond acceptors (Lipinski definition) is 5. The Balaban J connectivity index is 1.78. The van der Waals surface area contributed by atoms with Crippen molar-refractivity contribution in [2.24, 2.45) is 5.92 Å². The second-order valence-corrected chi connectivity index (χ2v) is 8.05. The zero-order valence-corrected chi connectivity index (χ0v) is 17.6. The van der Waals surface area contributed by atoms with Crippen LogP contribution in [0.2, 0.25) is 0 Å². The highest BCUT2D eigenvalue weighted by atomic mass is 32.1.